The van der Waals surface area contributed by atoms with E-state index in [9.17, 15) is 4.79 Å². The van der Waals surface area contributed by atoms with Crippen LogP contribution in [0.25, 0.3) is 5.82 Å². The second-order valence-electron chi connectivity index (χ2n) is 3.38. The van der Waals surface area contributed by atoms with Gasteiger partial charge in [0, 0.05) is 18.5 Å². The number of nitrogens with zero attached hydrogens (tertiary/aromatic N) is 3. The third kappa shape index (κ3) is 1.71. The van der Waals surface area contributed by atoms with E-state index < -0.39 is 0 Å². The number of rotatable bonds is 1. The first-order valence-electron chi connectivity index (χ1n) is 4.77. The molecule has 4 heteroatoms. The number of aryl methyl sites for hydroxylation is 1. The average Bonchev–Trinajstić information content (AvgIpc) is 2.29. The second kappa shape index (κ2) is 3.99. The van der Waals surface area contributed by atoms with Gasteiger partial charge in [0.05, 0.1) is 5.56 Å². The summed E-state index contributed by atoms with van der Waals surface area (Å²) in [6.07, 6.45) is 3.13. The Morgan fingerprint density at radius 2 is 2.25 bits per heavy atom. The first-order chi connectivity index (χ1) is 7.72. The van der Waals surface area contributed by atoms with Gasteiger partial charge < -0.3 is 0 Å². The molecule has 0 saturated heterocycles. The van der Waals surface area contributed by atoms with E-state index in [0.29, 0.717) is 11.4 Å². The summed E-state index contributed by atoms with van der Waals surface area (Å²) in [5.74, 6) is 0.530. The van der Waals surface area contributed by atoms with Crippen molar-refractivity contribution in [3.05, 3.63) is 58.1 Å². The number of aromatic nitrogens is 2. The maximum Gasteiger partial charge on any atom is 0.256 e. The summed E-state index contributed by atoms with van der Waals surface area (Å²) >= 11 is 0. The average molecular weight is 211 g/mol. The molecule has 0 bridgehead atoms. The van der Waals surface area contributed by atoms with Gasteiger partial charge in [-0.3, -0.25) is 9.36 Å². The van der Waals surface area contributed by atoms with Gasteiger partial charge in [-0.2, -0.15) is 5.26 Å². The predicted molar refractivity (Wildman–Crippen MR) is 59.3 cm³/mol. The van der Waals surface area contributed by atoms with Crippen molar-refractivity contribution in [1.29, 1.82) is 5.26 Å². The summed E-state index contributed by atoms with van der Waals surface area (Å²) in [6, 6.07) is 8.66. The van der Waals surface area contributed by atoms with E-state index in [1.165, 1.54) is 16.8 Å². The molecular weight excluding hydrogens is 202 g/mol. The molecule has 0 aromatic carbocycles. The molecule has 0 amide bonds. The van der Waals surface area contributed by atoms with Gasteiger partial charge in [0.1, 0.15) is 11.9 Å². The first kappa shape index (κ1) is 10.1. The predicted octanol–water partition coefficient (Wildman–Crippen LogP) is 1.41. The second-order valence-corrected chi connectivity index (χ2v) is 3.38. The van der Waals surface area contributed by atoms with Gasteiger partial charge >= 0.3 is 0 Å². The lowest BCUT2D eigenvalue weighted by atomic mass is 10.2. The molecule has 0 fully saturated rings. The fraction of sp³-hybridized carbons (Fsp3) is 0.0833. The first-order valence-corrected chi connectivity index (χ1v) is 4.77. The number of hydrogen-bond acceptors (Lipinski definition) is 3. The van der Waals surface area contributed by atoms with Gasteiger partial charge in [0.25, 0.3) is 5.56 Å². The van der Waals surface area contributed by atoms with E-state index in [-0.39, 0.29) is 5.56 Å². The molecule has 0 aliphatic heterocycles. The Bertz CT molecular complexity index is 623. The van der Waals surface area contributed by atoms with Crippen molar-refractivity contribution in [2.75, 3.05) is 0 Å². The van der Waals surface area contributed by atoms with E-state index in [2.05, 4.69) is 4.98 Å². The highest BCUT2D eigenvalue weighted by molar-refractivity contribution is 5.39. The summed E-state index contributed by atoms with van der Waals surface area (Å²) in [6.45, 7) is 1.82. The van der Waals surface area contributed by atoms with Gasteiger partial charge in [-0.1, -0.05) is 6.07 Å². The molecular formula is C12H9N3O. The molecule has 2 rings (SSSR count). The maximum absolute atomic E-state index is 11.5. The zero-order valence-corrected chi connectivity index (χ0v) is 8.71. The van der Waals surface area contributed by atoms with E-state index in [1.54, 1.807) is 24.4 Å². The fourth-order valence-electron chi connectivity index (χ4n) is 1.41. The Morgan fingerprint density at radius 3 is 2.88 bits per heavy atom. The minimum Gasteiger partial charge on any atom is -0.269 e. The normalized spacial score (nSPS) is 9.75. The van der Waals surface area contributed by atoms with Gasteiger partial charge in [-0.25, -0.2) is 4.98 Å². The summed E-state index contributed by atoms with van der Waals surface area (Å²) in [7, 11) is 0. The number of nitriles is 1. The van der Waals surface area contributed by atoms with Crippen LogP contribution in [0.4, 0.5) is 0 Å². The molecule has 78 valence electrons. The van der Waals surface area contributed by atoms with Crippen LogP contribution in [0.3, 0.4) is 0 Å². The molecule has 0 aliphatic carbocycles. The molecule has 4 nitrogen and oxygen atoms in total. The highest BCUT2D eigenvalue weighted by atomic mass is 16.1. The van der Waals surface area contributed by atoms with Crippen molar-refractivity contribution < 1.29 is 0 Å². The zero-order chi connectivity index (χ0) is 11.5. The molecule has 0 saturated carbocycles. The Labute approximate surface area is 92.4 Å². The minimum atomic E-state index is -0.140. The van der Waals surface area contributed by atoms with E-state index in [4.69, 9.17) is 5.26 Å². The van der Waals surface area contributed by atoms with Crippen LogP contribution in [0.15, 0.2) is 41.5 Å². The molecule has 16 heavy (non-hydrogen) atoms. The number of hydrogen-bond donors (Lipinski definition) is 0. The highest BCUT2D eigenvalue weighted by Crippen LogP contribution is 2.08. The van der Waals surface area contributed by atoms with Crippen molar-refractivity contribution in [2.24, 2.45) is 0 Å². The smallest absolute Gasteiger partial charge is 0.256 e. The highest BCUT2D eigenvalue weighted by Gasteiger charge is 2.03. The Kier molecular flexibility index (Phi) is 2.52. The van der Waals surface area contributed by atoms with Gasteiger partial charge in [0.15, 0.2) is 0 Å². The third-order valence-electron chi connectivity index (χ3n) is 2.29. The van der Waals surface area contributed by atoms with Crippen LogP contribution in [0, 0.1) is 18.3 Å². The van der Waals surface area contributed by atoms with E-state index >= 15 is 0 Å². The lowest BCUT2D eigenvalue weighted by molar-refractivity contribution is 0.936. The zero-order valence-electron chi connectivity index (χ0n) is 8.71. The topological polar surface area (TPSA) is 58.7 Å². The van der Waals surface area contributed by atoms with Crippen LogP contribution < -0.4 is 5.56 Å². The molecule has 0 unspecified atom stereocenters. The molecule has 2 aromatic heterocycles. The summed E-state index contributed by atoms with van der Waals surface area (Å²) in [4.78, 5) is 15.6. The molecule has 2 heterocycles. The SMILES string of the molecule is Cc1cc(-n2ccccc2=O)ncc1C#N. The van der Waals surface area contributed by atoms with Crippen molar-refractivity contribution in [3.63, 3.8) is 0 Å². The van der Waals surface area contributed by atoms with Crippen LogP contribution >= 0.6 is 0 Å². The van der Waals surface area contributed by atoms with Crippen LogP contribution in [0.1, 0.15) is 11.1 Å². The van der Waals surface area contributed by atoms with E-state index in [1.807, 2.05) is 13.0 Å². The molecule has 0 atom stereocenters. The van der Waals surface area contributed by atoms with Crippen molar-refractivity contribution in [1.82, 2.24) is 9.55 Å². The van der Waals surface area contributed by atoms with Crippen molar-refractivity contribution in [2.45, 2.75) is 6.92 Å². The maximum atomic E-state index is 11.5. The molecule has 0 N–H and O–H groups in total. The van der Waals surface area contributed by atoms with Gasteiger partial charge in [-0.05, 0) is 24.6 Å². The van der Waals surface area contributed by atoms with Crippen LogP contribution in [0.2, 0.25) is 0 Å². The quantitative estimate of drug-likeness (QED) is 0.716. The third-order valence-corrected chi connectivity index (χ3v) is 2.29. The molecule has 0 aliphatic rings. The fourth-order valence-corrected chi connectivity index (χ4v) is 1.41. The molecule has 0 spiro atoms. The van der Waals surface area contributed by atoms with Crippen LogP contribution in [0.5, 0.6) is 0 Å². The van der Waals surface area contributed by atoms with Crippen molar-refractivity contribution >= 4 is 0 Å². The lowest BCUT2D eigenvalue weighted by Gasteiger charge is -2.05. The molecule has 0 radical (unpaired) electrons. The minimum absolute atomic E-state index is 0.140. The van der Waals surface area contributed by atoms with E-state index in [0.717, 1.165) is 5.56 Å². The number of pyridine rings is 2. The Hall–Kier alpha value is -2.41. The van der Waals surface area contributed by atoms with Crippen LogP contribution in [-0.2, 0) is 0 Å². The summed E-state index contributed by atoms with van der Waals surface area (Å²) in [5, 5.41) is 8.78. The largest absolute Gasteiger partial charge is 0.269 e. The Balaban J connectivity index is 2.60. The summed E-state index contributed by atoms with van der Waals surface area (Å²) < 4.78 is 1.44. The lowest BCUT2D eigenvalue weighted by Crippen LogP contribution is -2.16. The monoisotopic (exact) mass is 211 g/mol. The summed E-state index contributed by atoms with van der Waals surface area (Å²) in [5.41, 5.74) is 1.19. The standard InChI is InChI=1S/C12H9N3O/c1-9-6-11(14-8-10(9)7-13)15-5-3-2-4-12(15)16/h2-6,8H,1H3. The Morgan fingerprint density at radius 1 is 1.44 bits per heavy atom. The van der Waals surface area contributed by atoms with Gasteiger partial charge in [-0.15, -0.1) is 0 Å². The van der Waals surface area contributed by atoms with Crippen LogP contribution in [-0.4, -0.2) is 9.55 Å². The van der Waals surface area contributed by atoms with Gasteiger partial charge in [0.2, 0.25) is 0 Å². The molecule has 2 aromatic rings. The van der Waals surface area contributed by atoms with Crippen molar-refractivity contribution in [3.8, 4) is 11.9 Å².